The van der Waals surface area contributed by atoms with Crippen LogP contribution in [0.4, 0.5) is 24.8 Å². The molecule has 1 aromatic heterocycles. The number of anilines is 2. The van der Waals surface area contributed by atoms with Gasteiger partial charge in [-0.25, -0.2) is 14.8 Å². The number of alkyl halides is 3. The number of amides is 1. The Bertz CT molecular complexity index is 1400. The average Bonchev–Trinajstić information content (AvgIpc) is 3.11. The highest BCUT2D eigenvalue weighted by atomic mass is 19.4. The van der Waals surface area contributed by atoms with Crippen LogP contribution < -0.4 is 10.4 Å². The second kappa shape index (κ2) is 8.85. The van der Waals surface area contributed by atoms with Gasteiger partial charge in [0, 0.05) is 11.8 Å². The molecule has 3 aromatic rings. The minimum Gasteiger partial charge on any atom is -0.505 e. The van der Waals surface area contributed by atoms with Crippen molar-refractivity contribution >= 4 is 34.9 Å². The molecular formula is C22H15F3N6O4. The molecule has 2 heterocycles. The Labute approximate surface area is 195 Å². The second-order valence-electron chi connectivity index (χ2n) is 7.20. The van der Waals surface area contributed by atoms with Crippen LogP contribution >= 0.6 is 0 Å². The summed E-state index contributed by atoms with van der Waals surface area (Å²) in [5.74, 6) is -2.84. The monoisotopic (exact) mass is 484 g/mol. The van der Waals surface area contributed by atoms with Crippen molar-refractivity contribution in [3.05, 3.63) is 66.0 Å². The van der Waals surface area contributed by atoms with E-state index in [0.29, 0.717) is 22.2 Å². The molecule has 4 rings (SSSR count). The van der Waals surface area contributed by atoms with Crippen LogP contribution in [0.25, 0.3) is 11.1 Å². The maximum atomic E-state index is 13.0. The Morgan fingerprint density at radius 1 is 1.14 bits per heavy atom. The third-order valence-corrected chi connectivity index (χ3v) is 4.86. The van der Waals surface area contributed by atoms with Crippen LogP contribution in [0.5, 0.6) is 5.75 Å². The van der Waals surface area contributed by atoms with Crippen molar-refractivity contribution in [2.24, 2.45) is 10.2 Å². The average molecular weight is 484 g/mol. The number of aromatic carboxylic acids is 1. The van der Waals surface area contributed by atoms with Gasteiger partial charge in [0.25, 0.3) is 5.95 Å². The quantitative estimate of drug-likeness (QED) is 0.370. The number of rotatable bonds is 5. The topological polar surface area (TPSA) is 140 Å². The normalized spacial score (nSPS) is 14.9. The van der Waals surface area contributed by atoms with Crippen molar-refractivity contribution < 1.29 is 33.0 Å². The van der Waals surface area contributed by atoms with E-state index in [4.69, 9.17) is 0 Å². The Kier molecular flexibility index (Phi) is 5.91. The van der Waals surface area contributed by atoms with E-state index in [1.165, 1.54) is 31.2 Å². The number of benzene rings is 2. The van der Waals surface area contributed by atoms with Crippen LogP contribution in [0.1, 0.15) is 23.0 Å². The number of carbonyl (C=O) groups excluding carboxylic acids is 1. The summed E-state index contributed by atoms with van der Waals surface area (Å²) in [4.78, 5) is 31.0. The SMILES string of the molecule is CC1=NN(c2nccc(C(F)(F)F)n2)C(=O)/C1=N\Nc1cccc(-c2cccc(C(=O)O)c2)c1O. The summed E-state index contributed by atoms with van der Waals surface area (Å²) in [6.45, 7) is 1.42. The molecule has 2 aromatic carbocycles. The summed E-state index contributed by atoms with van der Waals surface area (Å²) in [5, 5.41) is 28.3. The fourth-order valence-electron chi connectivity index (χ4n) is 3.17. The molecule has 3 N–H and O–H groups in total. The Morgan fingerprint density at radius 3 is 2.60 bits per heavy atom. The number of carbonyl (C=O) groups is 2. The molecule has 0 saturated heterocycles. The van der Waals surface area contributed by atoms with E-state index < -0.39 is 29.7 Å². The summed E-state index contributed by atoms with van der Waals surface area (Å²) >= 11 is 0. The summed E-state index contributed by atoms with van der Waals surface area (Å²) in [7, 11) is 0. The highest BCUT2D eigenvalue weighted by Gasteiger charge is 2.36. The van der Waals surface area contributed by atoms with Crippen molar-refractivity contribution in [3.63, 3.8) is 0 Å². The van der Waals surface area contributed by atoms with Gasteiger partial charge in [0.05, 0.1) is 17.0 Å². The molecule has 0 spiro atoms. The van der Waals surface area contributed by atoms with Crippen molar-refractivity contribution in [1.29, 1.82) is 0 Å². The largest absolute Gasteiger partial charge is 0.505 e. The lowest BCUT2D eigenvalue weighted by Gasteiger charge is -2.12. The number of hydrogen-bond acceptors (Lipinski definition) is 8. The molecule has 13 heteroatoms. The Hall–Kier alpha value is -4.81. The van der Waals surface area contributed by atoms with Crippen molar-refractivity contribution in [3.8, 4) is 16.9 Å². The minimum absolute atomic E-state index is 0.0285. The number of para-hydroxylation sites is 1. The molecule has 0 unspecified atom stereocenters. The van der Waals surface area contributed by atoms with Gasteiger partial charge in [-0.1, -0.05) is 24.3 Å². The molecule has 10 nitrogen and oxygen atoms in total. The summed E-state index contributed by atoms with van der Waals surface area (Å²) < 4.78 is 38.9. The molecule has 0 saturated carbocycles. The molecule has 35 heavy (non-hydrogen) atoms. The maximum Gasteiger partial charge on any atom is 0.433 e. The zero-order valence-electron chi connectivity index (χ0n) is 17.8. The van der Waals surface area contributed by atoms with Gasteiger partial charge in [-0.15, -0.1) is 0 Å². The predicted molar refractivity (Wildman–Crippen MR) is 119 cm³/mol. The number of hydrogen-bond donors (Lipinski definition) is 3. The Morgan fingerprint density at radius 2 is 1.89 bits per heavy atom. The fraction of sp³-hybridized carbons (Fsp3) is 0.0909. The number of nitrogens with zero attached hydrogens (tertiary/aromatic N) is 5. The highest BCUT2D eigenvalue weighted by molar-refractivity contribution is 6.71. The summed E-state index contributed by atoms with van der Waals surface area (Å²) in [6.07, 6.45) is -3.87. The van der Waals surface area contributed by atoms with E-state index in [1.807, 2.05) is 0 Å². The molecule has 178 valence electrons. The van der Waals surface area contributed by atoms with Gasteiger partial charge >= 0.3 is 18.1 Å². The van der Waals surface area contributed by atoms with Gasteiger partial charge in [0.1, 0.15) is 11.4 Å². The van der Waals surface area contributed by atoms with E-state index >= 15 is 0 Å². The molecule has 0 aliphatic carbocycles. The standard InChI is InChI=1S/C22H15F3N6O4/c1-11-17(19(33)31(30-11)21-26-9-8-16(27-21)22(23,24)25)29-28-15-7-3-6-14(18(15)32)12-4-2-5-13(10-12)20(34)35/h2-10,28,32H,1H3,(H,34,35)/b29-17-. The number of hydrazone groups is 2. The summed E-state index contributed by atoms with van der Waals surface area (Å²) in [5.41, 5.74) is 2.01. The number of carboxylic acid groups (broad SMARTS) is 1. The zero-order valence-corrected chi connectivity index (χ0v) is 17.8. The zero-order chi connectivity index (χ0) is 25.3. The van der Waals surface area contributed by atoms with E-state index in [1.54, 1.807) is 18.2 Å². The van der Waals surface area contributed by atoms with E-state index in [2.05, 4.69) is 25.6 Å². The first-order valence-electron chi connectivity index (χ1n) is 9.86. The van der Waals surface area contributed by atoms with Crippen LogP contribution in [-0.4, -0.2) is 43.5 Å². The highest BCUT2D eigenvalue weighted by Crippen LogP contribution is 2.36. The lowest BCUT2D eigenvalue weighted by molar-refractivity contribution is -0.141. The first-order chi connectivity index (χ1) is 16.6. The first kappa shape index (κ1) is 23.4. The van der Waals surface area contributed by atoms with Crippen LogP contribution in [0, 0.1) is 0 Å². The molecule has 1 aliphatic heterocycles. The molecule has 0 bridgehead atoms. The number of aromatic hydroxyl groups is 1. The second-order valence-corrected chi connectivity index (χ2v) is 7.20. The maximum absolute atomic E-state index is 13.0. The molecular weight excluding hydrogens is 469 g/mol. The number of nitrogens with one attached hydrogen (secondary N) is 1. The smallest absolute Gasteiger partial charge is 0.433 e. The van der Waals surface area contributed by atoms with Gasteiger partial charge < -0.3 is 10.2 Å². The third kappa shape index (κ3) is 4.64. The van der Waals surface area contributed by atoms with E-state index in [0.717, 1.165) is 6.20 Å². The number of phenolic OH excluding ortho intramolecular Hbond substituents is 1. The molecule has 1 aliphatic rings. The fourth-order valence-corrected chi connectivity index (χ4v) is 3.17. The number of carboxylic acids is 1. The lowest BCUT2D eigenvalue weighted by atomic mass is 10.0. The van der Waals surface area contributed by atoms with Crippen molar-refractivity contribution in [2.45, 2.75) is 13.1 Å². The summed E-state index contributed by atoms with van der Waals surface area (Å²) in [6, 6.07) is 11.2. The first-order valence-corrected chi connectivity index (χ1v) is 9.86. The predicted octanol–water partition coefficient (Wildman–Crippen LogP) is 3.76. The van der Waals surface area contributed by atoms with Crippen LogP contribution in [-0.2, 0) is 11.0 Å². The van der Waals surface area contributed by atoms with Crippen molar-refractivity contribution in [1.82, 2.24) is 9.97 Å². The van der Waals surface area contributed by atoms with Crippen LogP contribution in [0.2, 0.25) is 0 Å². The Balaban J connectivity index is 1.60. The van der Waals surface area contributed by atoms with E-state index in [9.17, 15) is 33.0 Å². The van der Waals surface area contributed by atoms with E-state index in [-0.39, 0.29) is 28.4 Å². The third-order valence-electron chi connectivity index (χ3n) is 4.86. The van der Waals surface area contributed by atoms with Crippen LogP contribution in [0.15, 0.2) is 64.9 Å². The minimum atomic E-state index is -4.73. The molecule has 0 fully saturated rings. The van der Waals surface area contributed by atoms with Crippen LogP contribution in [0.3, 0.4) is 0 Å². The van der Waals surface area contributed by atoms with Gasteiger partial charge in [-0.3, -0.25) is 10.2 Å². The number of halogens is 3. The van der Waals surface area contributed by atoms with Crippen molar-refractivity contribution in [2.75, 3.05) is 10.4 Å². The lowest BCUT2D eigenvalue weighted by Crippen LogP contribution is -2.29. The molecule has 0 atom stereocenters. The number of phenols is 1. The van der Waals surface area contributed by atoms with Gasteiger partial charge in [0.2, 0.25) is 0 Å². The number of aromatic nitrogens is 2. The molecule has 1 amide bonds. The van der Waals surface area contributed by atoms with Gasteiger partial charge in [0.15, 0.2) is 5.71 Å². The van der Waals surface area contributed by atoms with Gasteiger partial charge in [-0.2, -0.15) is 28.4 Å². The molecule has 0 radical (unpaired) electrons. The van der Waals surface area contributed by atoms with Gasteiger partial charge in [-0.05, 0) is 36.8 Å².